The SMILES string of the molecule is Cn1cc(NC(=O)OC(C)(C)C)cc1C(=O)Nc1ccc2sc(C(=O)N3CCOCC3)cc2c1. The zero-order chi connectivity index (χ0) is 24.5. The summed E-state index contributed by atoms with van der Waals surface area (Å²) in [7, 11) is 1.72. The number of hydrogen-bond acceptors (Lipinski definition) is 6. The molecule has 3 aromatic rings. The fourth-order valence-corrected chi connectivity index (χ4v) is 4.64. The average Bonchev–Trinajstić information content (AvgIpc) is 3.35. The number of aryl methyl sites for hydroxylation is 1. The van der Waals surface area contributed by atoms with E-state index in [9.17, 15) is 14.4 Å². The second kappa shape index (κ2) is 9.47. The van der Waals surface area contributed by atoms with Gasteiger partial charge in [0.25, 0.3) is 11.8 Å². The number of thiophene rings is 1. The Kier molecular flexibility index (Phi) is 6.63. The smallest absolute Gasteiger partial charge is 0.412 e. The maximum atomic E-state index is 12.9. The van der Waals surface area contributed by atoms with Gasteiger partial charge in [0, 0.05) is 36.7 Å². The van der Waals surface area contributed by atoms with Gasteiger partial charge in [-0.05, 0) is 56.5 Å². The van der Waals surface area contributed by atoms with Crippen LogP contribution in [0.1, 0.15) is 40.9 Å². The van der Waals surface area contributed by atoms with Crippen molar-refractivity contribution in [1.82, 2.24) is 9.47 Å². The van der Waals surface area contributed by atoms with E-state index < -0.39 is 11.7 Å². The standard InChI is InChI=1S/C24H28N4O5S/c1-24(2,3)33-23(31)26-17-13-18(27(4)14-17)21(29)25-16-5-6-19-15(11-16)12-20(34-19)22(30)28-7-9-32-10-8-28/h5-6,11-14H,7-10H2,1-4H3,(H,25,29)(H,26,31). The van der Waals surface area contributed by atoms with Crippen molar-refractivity contribution < 1.29 is 23.9 Å². The van der Waals surface area contributed by atoms with Crippen LogP contribution in [0.3, 0.4) is 0 Å². The van der Waals surface area contributed by atoms with Crippen molar-refractivity contribution in [1.29, 1.82) is 0 Å². The normalized spacial score (nSPS) is 14.2. The van der Waals surface area contributed by atoms with Gasteiger partial charge < -0.3 is 24.3 Å². The summed E-state index contributed by atoms with van der Waals surface area (Å²) in [4.78, 5) is 40.1. The first-order chi connectivity index (χ1) is 16.1. The van der Waals surface area contributed by atoms with Gasteiger partial charge in [0.05, 0.1) is 23.8 Å². The Hall–Kier alpha value is -3.37. The maximum absolute atomic E-state index is 12.9. The first-order valence-electron chi connectivity index (χ1n) is 11.0. The summed E-state index contributed by atoms with van der Waals surface area (Å²) in [6, 6.07) is 9.00. The third-order valence-corrected chi connectivity index (χ3v) is 6.27. The van der Waals surface area contributed by atoms with E-state index in [-0.39, 0.29) is 11.8 Å². The average molecular weight is 485 g/mol. The quantitative estimate of drug-likeness (QED) is 0.575. The predicted octanol–water partition coefficient (Wildman–Crippen LogP) is 4.31. The molecule has 0 radical (unpaired) electrons. The van der Waals surface area contributed by atoms with Gasteiger partial charge in [-0.15, -0.1) is 11.3 Å². The van der Waals surface area contributed by atoms with Crippen LogP contribution in [-0.2, 0) is 16.5 Å². The lowest BCUT2D eigenvalue weighted by Crippen LogP contribution is -2.40. The Morgan fingerprint density at radius 3 is 2.47 bits per heavy atom. The topological polar surface area (TPSA) is 102 Å². The van der Waals surface area contributed by atoms with Gasteiger partial charge in [0.1, 0.15) is 11.3 Å². The molecule has 1 aliphatic heterocycles. The molecule has 4 rings (SSSR count). The van der Waals surface area contributed by atoms with Gasteiger partial charge in [0.2, 0.25) is 0 Å². The zero-order valence-electron chi connectivity index (χ0n) is 19.6. The van der Waals surface area contributed by atoms with Crippen LogP contribution in [0.15, 0.2) is 36.5 Å². The van der Waals surface area contributed by atoms with Crippen molar-refractivity contribution in [3.05, 3.63) is 47.1 Å². The largest absolute Gasteiger partial charge is 0.444 e. The van der Waals surface area contributed by atoms with E-state index >= 15 is 0 Å². The summed E-state index contributed by atoms with van der Waals surface area (Å²) in [6.07, 6.45) is 1.06. The molecule has 0 bridgehead atoms. The van der Waals surface area contributed by atoms with E-state index in [1.807, 2.05) is 24.3 Å². The number of nitrogens with one attached hydrogen (secondary N) is 2. The van der Waals surface area contributed by atoms with E-state index in [0.29, 0.717) is 48.2 Å². The highest BCUT2D eigenvalue weighted by Gasteiger charge is 2.21. The number of rotatable bonds is 4. The molecule has 0 aliphatic carbocycles. The van der Waals surface area contributed by atoms with Crippen molar-refractivity contribution >= 4 is 50.7 Å². The van der Waals surface area contributed by atoms with Crippen LogP contribution in [0.2, 0.25) is 0 Å². The van der Waals surface area contributed by atoms with E-state index in [2.05, 4.69) is 10.6 Å². The lowest BCUT2D eigenvalue weighted by atomic mass is 10.2. The summed E-state index contributed by atoms with van der Waals surface area (Å²) < 4.78 is 13.2. The Balaban J connectivity index is 1.45. The number of carbonyl (C=O) groups excluding carboxylic acids is 3. The summed E-state index contributed by atoms with van der Waals surface area (Å²) in [5.41, 5.74) is 0.830. The lowest BCUT2D eigenvalue weighted by molar-refractivity contribution is 0.0306. The molecular formula is C24H28N4O5S. The number of hydrogen-bond donors (Lipinski definition) is 2. The summed E-state index contributed by atoms with van der Waals surface area (Å²) in [6.45, 7) is 7.64. The number of nitrogens with zero attached hydrogens (tertiary/aromatic N) is 2. The van der Waals surface area contributed by atoms with Crippen molar-refractivity contribution in [3.63, 3.8) is 0 Å². The van der Waals surface area contributed by atoms with Crippen LogP contribution in [0, 0.1) is 0 Å². The van der Waals surface area contributed by atoms with E-state index in [1.165, 1.54) is 11.3 Å². The van der Waals surface area contributed by atoms with Crippen LogP contribution in [0.5, 0.6) is 0 Å². The van der Waals surface area contributed by atoms with Crippen LogP contribution in [-0.4, -0.2) is 59.3 Å². The van der Waals surface area contributed by atoms with Gasteiger partial charge >= 0.3 is 6.09 Å². The number of morpholine rings is 1. The minimum atomic E-state index is -0.619. The summed E-state index contributed by atoms with van der Waals surface area (Å²) >= 11 is 1.44. The fraction of sp³-hybridized carbons (Fsp3) is 0.375. The molecule has 3 heterocycles. The highest BCUT2D eigenvalue weighted by molar-refractivity contribution is 7.20. The summed E-state index contributed by atoms with van der Waals surface area (Å²) in [5.74, 6) is -0.317. The molecule has 1 saturated heterocycles. The van der Waals surface area contributed by atoms with Gasteiger partial charge in [-0.1, -0.05) is 0 Å². The molecule has 10 heteroatoms. The molecule has 34 heavy (non-hydrogen) atoms. The van der Waals surface area contributed by atoms with E-state index in [1.54, 1.807) is 49.5 Å². The van der Waals surface area contributed by atoms with Crippen LogP contribution >= 0.6 is 11.3 Å². The molecule has 1 fully saturated rings. The first-order valence-corrected chi connectivity index (χ1v) is 11.8. The number of amides is 3. The molecule has 1 aliphatic rings. The fourth-order valence-electron chi connectivity index (χ4n) is 3.62. The third kappa shape index (κ3) is 5.57. The second-order valence-electron chi connectivity index (χ2n) is 9.07. The molecule has 9 nitrogen and oxygen atoms in total. The second-order valence-corrected chi connectivity index (χ2v) is 10.2. The number of benzene rings is 1. The van der Waals surface area contributed by atoms with Gasteiger partial charge in [-0.3, -0.25) is 14.9 Å². The molecule has 0 unspecified atom stereocenters. The van der Waals surface area contributed by atoms with Crippen molar-refractivity contribution in [3.8, 4) is 0 Å². The summed E-state index contributed by atoms with van der Waals surface area (Å²) in [5, 5.41) is 6.41. The van der Waals surface area contributed by atoms with E-state index in [4.69, 9.17) is 9.47 Å². The molecule has 1 aromatic carbocycles. The Morgan fingerprint density at radius 1 is 1.03 bits per heavy atom. The van der Waals surface area contributed by atoms with Crippen molar-refractivity contribution in [2.45, 2.75) is 26.4 Å². The van der Waals surface area contributed by atoms with Crippen LogP contribution in [0.25, 0.3) is 10.1 Å². The highest BCUT2D eigenvalue weighted by atomic mass is 32.1. The molecular weight excluding hydrogens is 456 g/mol. The molecule has 2 N–H and O–H groups in total. The van der Waals surface area contributed by atoms with Crippen molar-refractivity contribution in [2.75, 3.05) is 36.9 Å². The van der Waals surface area contributed by atoms with Gasteiger partial charge in [-0.2, -0.15) is 0 Å². The third-order valence-electron chi connectivity index (χ3n) is 5.17. The van der Waals surface area contributed by atoms with Gasteiger partial charge in [-0.25, -0.2) is 4.79 Å². The number of carbonyl (C=O) groups is 3. The molecule has 0 spiro atoms. The maximum Gasteiger partial charge on any atom is 0.412 e. The minimum Gasteiger partial charge on any atom is -0.444 e. The predicted molar refractivity (Wildman–Crippen MR) is 132 cm³/mol. The minimum absolute atomic E-state index is 0.00362. The van der Waals surface area contributed by atoms with E-state index in [0.717, 1.165) is 10.1 Å². The molecule has 2 aromatic heterocycles. The number of anilines is 2. The van der Waals surface area contributed by atoms with Crippen LogP contribution < -0.4 is 10.6 Å². The Morgan fingerprint density at radius 2 is 1.76 bits per heavy atom. The first kappa shape index (κ1) is 23.8. The number of ether oxygens (including phenoxy) is 2. The molecule has 0 saturated carbocycles. The molecule has 180 valence electrons. The van der Waals surface area contributed by atoms with Crippen LogP contribution in [0.4, 0.5) is 16.2 Å². The van der Waals surface area contributed by atoms with Gasteiger partial charge in [0.15, 0.2) is 0 Å². The lowest BCUT2D eigenvalue weighted by Gasteiger charge is -2.26. The number of fused-ring (bicyclic) bond motifs is 1. The number of aromatic nitrogens is 1. The highest BCUT2D eigenvalue weighted by Crippen LogP contribution is 2.29. The molecule has 0 atom stereocenters. The monoisotopic (exact) mass is 484 g/mol. The molecule has 3 amide bonds. The Labute approximate surface area is 201 Å². The van der Waals surface area contributed by atoms with Crippen molar-refractivity contribution in [2.24, 2.45) is 7.05 Å². The Bertz CT molecular complexity index is 1230. The zero-order valence-corrected chi connectivity index (χ0v) is 20.5.